The minimum absolute atomic E-state index is 0.0862. The van der Waals surface area contributed by atoms with Crippen LogP contribution in [-0.4, -0.2) is 35.8 Å². The number of nitrogens with one attached hydrogen (secondary N) is 1. The Morgan fingerprint density at radius 1 is 0.914 bits per heavy atom. The third kappa shape index (κ3) is 4.54. The lowest BCUT2D eigenvalue weighted by Crippen LogP contribution is -2.29. The van der Waals surface area contributed by atoms with Gasteiger partial charge in [0.2, 0.25) is 5.91 Å². The standard InChI is InChI=1S/C27H22N2O6/c1-16(30)28-20-13-11-17(12-14-20)23-22(24(31)18-7-4-3-5-8-18)25(32)26(33)29(23)21-10-6-9-19(15-21)27(34)35-2/h3-15,23,31H,1-2H3,(H,28,30)/b24-22-. The van der Waals surface area contributed by atoms with Gasteiger partial charge < -0.3 is 15.2 Å². The summed E-state index contributed by atoms with van der Waals surface area (Å²) in [5.41, 5.74) is 1.85. The van der Waals surface area contributed by atoms with Crippen LogP contribution in [0.2, 0.25) is 0 Å². The van der Waals surface area contributed by atoms with E-state index in [9.17, 15) is 24.3 Å². The maximum atomic E-state index is 13.3. The van der Waals surface area contributed by atoms with Gasteiger partial charge in [0.25, 0.3) is 11.7 Å². The third-order valence-corrected chi connectivity index (χ3v) is 5.58. The first-order chi connectivity index (χ1) is 16.8. The van der Waals surface area contributed by atoms with Crippen LogP contribution in [0.4, 0.5) is 11.4 Å². The lowest BCUT2D eigenvalue weighted by atomic mass is 9.95. The van der Waals surface area contributed by atoms with Crippen molar-refractivity contribution in [3.8, 4) is 0 Å². The van der Waals surface area contributed by atoms with Gasteiger partial charge in [0.15, 0.2) is 0 Å². The van der Waals surface area contributed by atoms with Crippen LogP contribution in [0, 0.1) is 0 Å². The summed E-state index contributed by atoms with van der Waals surface area (Å²) >= 11 is 0. The molecule has 1 aliphatic rings. The molecule has 1 atom stereocenters. The van der Waals surface area contributed by atoms with Crippen molar-refractivity contribution in [2.75, 3.05) is 17.3 Å². The van der Waals surface area contributed by atoms with E-state index in [0.717, 1.165) is 0 Å². The quantitative estimate of drug-likeness (QED) is 0.252. The highest BCUT2D eigenvalue weighted by molar-refractivity contribution is 6.51. The number of ketones is 1. The van der Waals surface area contributed by atoms with E-state index in [1.807, 2.05) is 0 Å². The van der Waals surface area contributed by atoms with E-state index in [4.69, 9.17) is 4.74 Å². The maximum absolute atomic E-state index is 13.3. The molecule has 0 radical (unpaired) electrons. The molecule has 1 saturated heterocycles. The van der Waals surface area contributed by atoms with Crippen LogP contribution in [-0.2, 0) is 19.1 Å². The highest BCUT2D eigenvalue weighted by atomic mass is 16.5. The van der Waals surface area contributed by atoms with Gasteiger partial charge in [-0.05, 0) is 35.9 Å². The minimum Gasteiger partial charge on any atom is -0.507 e. The van der Waals surface area contributed by atoms with Crippen LogP contribution in [0.5, 0.6) is 0 Å². The van der Waals surface area contributed by atoms with E-state index >= 15 is 0 Å². The normalized spacial score (nSPS) is 16.7. The average Bonchev–Trinajstić information content (AvgIpc) is 3.14. The first-order valence-corrected chi connectivity index (χ1v) is 10.7. The fraction of sp³-hybridized carbons (Fsp3) is 0.111. The first-order valence-electron chi connectivity index (χ1n) is 10.7. The zero-order valence-corrected chi connectivity index (χ0v) is 19.0. The molecule has 2 amide bonds. The van der Waals surface area contributed by atoms with E-state index in [-0.39, 0.29) is 28.5 Å². The van der Waals surface area contributed by atoms with Crippen LogP contribution in [0.25, 0.3) is 5.76 Å². The summed E-state index contributed by atoms with van der Waals surface area (Å²) in [4.78, 5) is 51.2. The number of carbonyl (C=O) groups excluding carboxylic acids is 4. The summed E-state index contributed by atoms with van der Waals surface area (Å²) < 4.78 is 4.78. The Morgan fingerprint density at radius 2 is 1.57 bits per heavy atom. The van der Waals surface area contributed by atoms with Crippen molar-refractivity contribution < 1.29 is 29.0 Å². The summed E-state index contributed by atoms with van der Waals surface area (Å²) in [6, 6.07) is 20.3. The number of methoxy groups -OCH3 is 1. The van der Waals surface area contributed by atoms with Crippen LogP contribution in [0.1, 0.15) is 34.5 Å². The smallest absolute Gasteiger partial charge is 0.337 e. The molecule has 1 heterocycles. The number of amides is 2. The Kier molecular flexibility index (Phi) is 6.46. The van der Waals surface area contributed by atoms with E-state index in [2.05, 4.69) is 5.32 Å². The SMILES string of the molecule is COC(=O)c1cccc(N2C(=O)C(=O)/C(=C(\O)c3ccccc3)C2c2ccc(NC(C)=O)cc2)c1. The molecule has 35 heavy (non-hydrogen) atoms. The van der Waals surface area contributed by atoms with Gasteiger partial charge in [0.05, 0.1) is 24.3 Å². The maximum Gasteiger partial charge on any atom is 0.337 e. The minimum atomic E-state index is -0.977. The molecule has 0 aromatic heterocycles. The van der Waals surface area contributed by atoms with Gasteiger partial charge >= 0.3 is 5.97 Å². The number of ether oxygens (including phenoxy) is 1. The molecule has 0 aliphatic carbocycles. The molecule has 4 rings (SSSR count). The van der Waals surface area contributed by atoms with Crippen LogP contribution >= 0.6 is 0 Å². The molecule has 2 N–H and O–H groups in total. The van der Waals surface area contributed by atoms with Gasteiger partial charge in [-0.1, -0.05) is 48.5 Å². The number of aliphatic hydroxyl groups excluding tert-OH is 1. The second kappa shape index (κ2) is 9.64. The first kappa shape index (κ1) is 23.4. The van der Waals surface area contributed by atoms with Crippen molar-refractivity contribution >= 4 is 40.7 Å². The molecule has 8 nitrogen and oxygen atoms in total. The van der Waals surface area contributed by atoms with Gasteiger partial charge in [0.1, 0.15) is 5.76 Å². The average molecular weight is 470 g/mol. The predicted molar refractivity (Wildman–Crippen MR) is 130 cm³/mol. The largest absolute Gasteiger partial charge is 0.507 e. The van der Waals surface area contributed by atoms with Crippen LogP contribution in [0.3, 0.4) is 0 Å². The number of Topliss-reactive ketones (excluding diaryl/α,β-unsaturated/α-hetero) is 1. The van der Waals surface area contributed by atoms with Crippen LogP contribution in [0.15, 0.2) is 84.4 Å². The zero-order valence-electron chi connectivity index (χ0n) is 19.0. The van der Waals surface area contributed by atoms with Crippen molar-refractivity contribution in [3.63, 3.8) is 0 Å². The third-order valence-electron chi connectivity index (χ3n) is 5.58. The van der Waals surface area contributed by atoms with Gasteiger partial charge in [-0.25, -0.2) is 4.79 Å². The Labute approximate surface area is 201 Å². The molecular weight excluding hydrogens is 448 g/mol. The van der Waals surface area contributed by atoms with Gasteiger partial charge in [-0.15, -0.1) is 0 Å². The van der Waals surface area contributed by atoms with Crippen molar-refractivity contribution in [1.29, 1.82) is 0 Å². The Bertz CT molecular complexity index is 1350. The summed E-state index contributed by atoms with van der Waals surface area (Å²) in [5, 5.41) is 13.8. The van der Waals surface area contributed by atoms with Crippen molar-refractivity contribution in [2.24, 2.45) is 0 Å². The number of anilines is 2. The number of aliphatic hydroxyl groups is 1. The summed E-state index contributed by atoms with van der Waals surface area (Å²) in [7, 11) is 1.25. The molecular formula is C27H22N2O6. The highest BCUT2D eigenvalue weighted by Crippen LogP contribution is 2.42. The Balaban J connectivity index is 1.90. The van der Waals surface area contributed by atoms with E-state index in [1.165, 1.54) is 31.1 Å². The number of carbonyl (C=O) groups is 4. The molecule has 3 aromatic rings. The monoisotopic (exact) mass is 470 g/mol. The number of benzene rings is 3. The fourth-order valence-corrected chi connectivity index (χ4v) is 4.02. The molecule has 176 valence electrons. The number of esters is 1. The molecule has 1 fully saturated rings. The van der Waals surface area contributed by atoms with Gasteiger partial charge in [-0.2, -0.15) is 0 Å². The molecule has 8 heteroatoms. The fourth-order valence-electron chi connectivity index (χ4n) is 4.02. The molecule has 1 unspecified atom stereocenters. The lowest BCUT2D eigenvalue weighted by molar-refractivity contribution is -0.132. The molecule has 0 spiro atoms. The van der Waals surface area contributed by atoms with E-state index in [0.29, 0.717) is 16.8 Å². The van der Waals surface area contributed by atoms with Gasteiger partial charge in [-0.3, -0.25) is 19.3 Å². The Hall–Kier alpha value is -4.72. The zero-order chi connectivity index (χ0) is 25.1. The highest BCUT2D eigenvalue weighted by Gasteiger charge is 2.47. The van der Waals surface area contributed by atoms with E-state index < -0.39 is 23.7 Å². The molecule has 1 aliphatic heterocycles. The predicted octanol–water partition coefficient (Wildman–Crippen LogP) is 4.06. The van der Waals surface area contributed by atoms with E-state index in [1.54, 1.807) is 66.7 Å². The molecule has 3 aromatic carbocycles. The second-order valence-corrected chi connectivity index (χ2v) is 7.88. The summed E-state index contributed by atoms with van der Waals surface area (Å²) in [6.07, 6.45) is 0. The number of nitrogens with zero attached hydrogens (tertiary/aromatic N) is 1. The number of hydrogen-bond donors (Lipinski definition) is 2. The van der Waals surface area contributed by atoms with Crippen molar-refractivity contribution in [3.05, 3.63) is 101 Å². The number of rotatable bonds is 5. The molecule has 0 bridgehead atoms. The Morgan fingerprint density at radius 3 is 2.20 bits per heavy atom. The topological polar surface area (TPSA) is 113 Å². The van der Waals surface area contributed by atoms with Gasteiger partial charge in [0, 0.05) is 23.9 Å². The van der Waals surface area contributed by atoms with Crippen molar-refractivity contribution in [1.82, 2.24) is 0 Å². The summed E-state index contributed by atoms with van der Waals surface area (Å²) in [6.45, 7) is 1.39. The lowest BCUT2D eigenvalue weighted by Gasteiger charge is -2.26. The van der Waals surface area contributed by atoms with Crippen LogP contribution < -0.4 is 10.2 Å². The summed E-state index contributed by atoms with van der Waals surface area (Å²) in [5.74, 6) is -2.85. The molecule has 0 saturated carbocycles. The number of hydrogen-bond acceptors (Lipinski definition) is 6. The second-order valence-electron chi connectivity index (χ2n) is 7.88. The van der Waals surface area contributed by atoms with Crippen molar-refractivity contribution in [2.45, 2.75) is 13.0 Å².